The predicted molar refractivity (Wildman–Crippen MR) is 73.3 cm³/mol. The molecule has 0 bridgehead atoms. The minimum absolute atomic E-state index is 0.244. The number of unbranched alkanes of at least 4 members (excludes halogenated alkanes) is 1. The van der Waals surface area contributed by atoms with E-state index in [2.05, 4.69) is 5.32 Å². The third kappa shape index (κ3) is 2.41. The standard InChI is InChI=1S/C15H19NO4/c1-2-3-10-20-14(19)15(13(17)18)12-7-5-4-6-11(12)8-9-16-15/h4-7,16H,2-3,8-10H2,1H3,(H,17,18). The van der Waals surface area contributed by atoms with Crippen LogP contribution in [0, 0.1) is 0 Å². The van der Waals surface area contributed by atoms with E-state index < -0.39 is 17.5 Å². The van der Waals surface area contributed by atoms with Gasteiger partial charge in [-0.3, -0.25) is 5.32 Å². The maximum Gasteiger partial charge on any atom is 0.342 e. The molecule has 2 N–H and O–H groups in total. The Hall–Kier alpha value is -1.88. The Balaban J connectivity index is 2.36. The first-order chi connectivity index (χ1) is 9.63. The number of carbonyl (C=O) groups is 2. The molecule has 108 valence electrons. The van der Waals surface area contributed by atoms with Crippen molar-refractivity contribution in [3.05, 3.63) is 35.4 Å². The molecule has 5 nitrogen and oxygen atoms in total. The van der Waals surface area contributed by atoms with Crippen LogP contribution in [0.25, 0.3) is 0 Å². The van der Waals surface area contributed by atoms with Gasteiger partial charge >= 0.3 is 11.9 Å². The molecule has 1 aliphatic heterocycles. The first-order valence-electron chi connectivity index (χ1n) is 6.87. The van der Waals surface area contributed by atoms with Crippen LogP contribution in [0.4, 0.5) is 0 Å². The van der Waals surface area contributed by atoms with Gasteiger partial charge in [-0.2, -0.15) is 0 Å². The van der Waals surface area contributed by atoms with Crippen LogP contribution in [-0.4, -0.2) is 30.2 Å². The lowest BCUT2D eigenvalue weighted by atomic mass is 9.82. The van der Waals surface area contributed by atoms with Gasteiger partial charge in [0.2, 0.25) is 5.54 Å². The van der Waals surface area contributed by atoms with Crippen molar-refractivity contribution >= 4 is 11.9 Å². The Bertz CT molecular complexity index is 514. The highest BCUT2D eigenvalue weighted by atomic mass is 16.5. The van der Waals surface area contributed by atoms with Gasteiger partial charge in [0.05, 0.1) is 6.61 Å². The van der Waals surface area contributed by atoms with E-state index in [4.69, 9.17) is 4.74 Å². The van der Waals surface area contributed by atoms with Gasteiger partial charge in [-0.05, 0) is 24.0 Å². The molecule has 1 aromatic rings. The van der Waals surface area contributed by atoms with Crippen LogP contribution in [0.2, 0.25) is 0 Å². The van der Waals surface area contributed by atoms with Gasteiger partial charge in [-0.1, -0.05) is 37.6 Å². The van der Waals surface area contributed by atoms with Crippen LogP contribution in [-0.2, 0) is 26.3 Å². The number of fused-ring (bicyclic) bond motifs is 1. The molecule has 0 amide bonds. The van der Waals surface area contributed by atoms with E-state index >= 15 is 0 Å². The minimum atomic E-state index is -1.78. The van der Waals surface area contributed by atoms with Crippen molar-refractivity contribution in [3.8, 4) is 0 Å². The summed E-state index contributed by atoms with van der Waals surface area (Å²) in [5.41, 5.74) is -0.413. The van der Waals surface area contributed by atoms with Crippen molar-refractivity contribution in [1.82, 2.24) is 5.32 Å². The van der Waals surface area contributed by atoms with Gasteiger partial charge in [-0.25, -0.2) is 9.59 Å². The number of benzene rings is 1. The maximum atomic E-state index is 12.3. The summed E-state index contributed by atoms with van der Waals surface area (Å²) in [6, 6.07) is 7.12. The number of carboxylic acid groups (broad SMARTS) is 1. The van der Waals surface area contributed by atoms with E-state index in [1.165, 1.54) is 0 Å². The van der Waals surface area contributed by atoms with Gasteiger partial charge < -0.3 is 9.84 Å². The van der Waals surface area contributed by atoms with E-state index in [0.717, 1.165) is 18.4 Å². The number of carbonyl (C=O) groups excluding carboxylic acids is 1. The Morgan fingerprint density at radius 3 is 2.85 bits per heavy atom. The fourth-order valence-corrected chi connectivity index (χ4v) is 2.46. The molecule has 1 unspecified atom stereocenters. The lowest BCUT2D eigenvalue weighted by molar-refractivity contribution is -0.164. The van der Waals surface area contributed by atoms with Crippen LogP contribution in [0.15, 0.2) is 24.3 Å². The Morgan fingerprint density at radius 1 is 1.40 bits per heavy atom. The van der Waals surface area contributed by atoms with E-state index in [1.54, 1.807) is 12.1 Å². The second kappa shape index (κ2) is 6.05. The van der Waals surface area contributed by atoms with Gasteiger partial charge in [0.25, 0.3) is 0 Å². The molecule has 0 aromatic heterocycles. The summed E-state index contributed by atoms with van der Waals surface area (Å²) in [4.78, 5) is 24.1. The van der Waals surface area contributed by atoms with Gasteiger partial charge in [0.1, 0.15) is 0 Å². The molecular formula is C15H19NO4. The molecule has 0 radical (unpaired) electrons. The topological polar surface area (TPSA) is 75.6 Å². The molecule has 1 aliphatic rings. The third-order valence-corrected chi connectivity index (χ3v) is 3.56. The SMILES string of the molecule is CCCCOC(=O)C1(C(=O)O)NCCc2ccccc21. The van der Waals surface area contributed by atoms with Crippen molar-refractivity contribution in [1.29, 1.82) is 0 Å². The molecular weight excluding hydrogens is 258 g/mol. The first kappa shape index (κ1) is 14.5. The zero-order chi connectivity index (χ0) is 14.6. The highest BCUT2D eigenvalue weighted by molar-refractivity contribution is 6.05. The zero-order valence-corrected chi connectivity index (χ0v) is 11.5. The Kier molecular flexibility index (Phi) is 4.39. The maximum absolute atomic E-state index is 12.3. The molecule has 1 heterocycles. The molecule has 0 saturated heterocycles. The molecule has 0 spiro atoms. The highest BCUT2D eigenvalue weighted by Crippen LogP contribution is 2.30. The van der Waals surface area contributed by atoms with Crippen molar-refractivity contribution in [2.45, 2.75) is 31.7 Å². The predicted octanol–water partition coefficient (Wildman–Crippen LogP) is 1.46. The Labute approximate surface area is 117 Å². The van der Waals surface area contributed by atoms with Gasteiger partial charge in [-0.15, -0.1) is 0 Å². The number of ether oxygens (including phenoxy) is 1. The molecule has 0 aliphatic carbocycles. The number of hydrogen-bond donors (Lipinski definition) is 2. The second-order valence-corrected chi connectivity index (χ2v) is 4.88. The number of aliphatic carboxylic acids is 1. The summed E-state index contributed by atoms with van der Waals surface area (Å²) in [5.74, 6) is -1.95. The van der Waals surface area contributed by atoms with Crippen LogP contribution < -0.4 is 5.32 Å². The minimum Gasteiger partial charge on any atom is -0.479 e. The van der Waals surface area contributed by atoms with E-state index in [0.29, 0.717) is 18.5 Å². The van der Waals surface area contributed by atoms with Crippen LogP contribution in [0.5, 0.6) is 0 Å². The summed E-state index contributed by atoms with van der Waals surface area (Å²) in [6.45, 7) is 2.66. The van der Waals surface area contributed by atoms with Gasteiger partial charge in [0.15, 0.2) is 0 Å². The Morgan fingerprint density at radius 2 is 2.15 bits per heavy atom. The van der Waals surface area contributed by atoms with Crippen molar-refractivity contribution in [2.24, 2.45) is 0 Å². The summed E-state index contributed by atoms with van der Waals surface area (Å²) in [5, 5.41) is 12.4. The van der Waals surface area contributed by atoms with E-state index in [-0.39, 0.29) is 6.61 Å². The highest BCUT2D eigenvalue weighted by Gasteiger charge is 2.51. The van der Waals surface area contributed by atoms with Crippen molar-refractivity contribution in [2.75, 3.05) is 13.2 Å². The van der Waals surface area contributed by atoms with Crippen LogP contribution in [0.1, 0.15) is 30.9 Å². The quantitative estimate of drug-likeness (QED) is 0.484. The molecule has 1 atom stereocenters. The lowest BCUT2D eigenvalue weighted by Crippen LogP contribution is -2.59. The van der Waals surface area contributed by atoms with Gasteiger partial charge in [0, 0.05) is 6.54 Å². The molecule has 20 heavy (non-hydrogen) atoms. The van der Waals surface area contributed by atoms with Crippen molar-refractivity contribution < 1.29 is 19.4 Å². The molecule has 1 aromatic carbocycles. The largest absolute Gasteiger partial charge is 0.479 e. The molecule has 5 heteroatoms. The normalized spacial score (nSPS) is 21.1. The summed E-state index contributed by atoms with van der Waals surface area (Å²) < 4.78 is 5.16. The lowest BCUT2D eigenvalue weighted by Gasteiger charge is -2.34. The summed E-state index contributed by atoms with van der Waals surface area (Å²) in [7, 11) is 0. The number of carboxylic acids is 1. The average Bonchev–Trinajstić information content (AvgIpc) is 2.46. The van der Waals surface area contributed by atoms with Crippen LogP contribution in [0.3, 0.4) is 0 Å². The number of nitrogens with one attached hydrogen (secondary N) is 1. The van der Waals surface area contributed by atoms with E-state index in [1.807, 2.05) is 19.1 Å². The molecule has 0 fully saturated rings. The number of esters is 1. The number of hydrogen-bond acceptors (Lipinski definition) is 4. The molecule has 2 rings (SSSR count). The first-order valence-corrected chi connectivity index (χ1v) is 6.87. The van der Waals surface area contributed by atoms with Crippen LogP contribution >= 0.6 is 0 Å². The summed E-state index contributed by atoms with van der Waals surface area (Å²) in [6.07, 6.45) is 2.31. The van der Waals surface area contributed by atoms with Crippen molar-refractivity contribution in [3.63, 3.8) is 0 Å². The fraction of sp³-hybridized carbons (Fsp3) is 0.467. The molecule has 0 saturated carbocycles. The zero-order valence-electron chi connectivity index (χ0n) is 11.5. The second-order valence-electron chi connectivity index (χ2n) is 4.88. The smallest absolute Gasteiger partial charge is 0.342 e. The van der Waals surface area contributed by atoms with E-state index in [9.17, 15) is 14.7 Å². The monoisotopic (exact) mass is 277 g/mol. The third-order valence-electron chi connectivity index (χ3n) is 3.56. The fourth-order valence-electron chi connectivity index (χ4n) is 2.46. The number of rotatable bonds is 5. The average molecular weight is 277 g/mol. The summed E-state index contributed by atoms with van der Waals surface area (Å²) >= 11 is 0.